The number of aldehydes is 1. The molecule has 0 amide bonds. The van der Waals surface area contributed by atoms with E-state index in [1.54, 1.807) is 6.07 Å². The number of carbonyl (C=O) groups excluding carboxylic acids is 1. The summed E-state index contributed by atoms with van der Waals surface area (Å²) < 4.78 is 26.2. The van der Waals surface area contributed by atoms with Gasteiger partial charge in [-0.05, 0) is 47.9 Å². The molecule has 0 spiro atoms. The molecule has 0 unspecified atom stereocenters. The van der Waals surface area contributed by atoms with Crippen molar-refractivity contribution in [2.75, 3.05) is 0 Å². The third-order valence-electron chi connectivity index (χ3n) is 2.63. The molecule has 0 heterocycles. The van der Waals surface area contributed by atoms with Gasteiger partial charge >= 0.3 is 0 Å². The Labute approximate surface area is 97.7 Å². The maximum Gasteiger partial charge on any atom is 0.150 e. The zero-order chi connectivity index (χ0) is 12.4. The van der Waals surface area contributed by atoms with Crippen LogP contribution < -0.4 is 0 Å². The molecule has 2 aromatic carbocycles. The van der Waals surface area contributed by atoms with Gasteiger partial charge in [0.05, 0.1) is 0 Å². The zero-order valence-electron chi connectivity index (χ0n) is 9.21. The van der Waals surface area contributed by atoms with Crippen LogP contribution in [0.25, 0.3) is 11.1 Å². The van der Waals surface area contributed by atoms with Crippen LogP contribution in [0.1, 0.15) is 15.9 Å². The summed E-state index contributed by atoms with van der Waals surface area (Å²) in [6.07, 6.45) is 0.572. The number of hydrogen-bond acceptors (Lipinski definition) is 1. The number of aryl methyl sites for hydroxylation is 1. The molecule has 17 heavy (non-hydrogen) atoms. The molecule has 0 bridgehead atoms. The molecule has 0 N–H and O–H groups in total. The Kier molecular flexibility index (Phi) is 3.00. The highest BCUT2D eigenvalue weighted by atomic mass is 19.1. The van der Waals surface area contributed by atoms with Crippen LogP contribution in [0, 0.1) is 18.6 Å². The maximum atomic E-state index is 13.2. The van der Waals surface area contributed by atoms with Crippen LogP contribution in [0.5, 0.6) is 0 Å². The Hall–Kier alpha value is -2.03. The van der Waals surface area contributed by atoms with Crippen LogP contribution in [-0.2, 0) is 0 Å². The van der Waals surface area contributed by atoms with E-state index in [2.05, 4.69) is 0 Å². The molecule has 1 nitrogen and oxygen atoms in total. The Morgan fingerprint density at radius 2 is 1.59 bits per heavy atom. The minimum absolute atomic E-state index is 0.221. The summed E-state index contributed by atoms with van der Waals surface area (Å²) in [5.41, 5.74) is 2.20. The van der Waals surface area contributed by atoms with Crippen molar-refractivity contribution in [1.29, 1.82) is 0 Å². The SMILES string of the molecule is Cc1ccc(F)cc1-c1ccc(F)cc1C=O. The summed E-state index contributed by atoms with van der Waals surface area (Å²) in [5.74, 6) is -0.864. The molecular formula is C14H10F2O. The summed E-state index contributed by atoms with van der Waals surface area (Å²) in [5, 5.41) is 0. The maximum absolute atomic E-state index is 13.2. The Balaban J connectivity index is 2.67. The fourth-order valence-electron chi connectivity index (χ4n) is 1.76. The van der Waals surface area contributed by atoms with E-state index in [4.69, 9.17) is 0 Å². The highest BCUT2D eigenvalue weighted by Gasteiger charge is 2.09. The van der Waals surface area contributed by atoms with Crippen molar-refractivity contribution < 1.29 is 13.6 Å². The molecule has 0 radical (unpaired) electrons. The highest BCUT2D eigenvalue weighted by molar-refractivity contribution is 5.88. The van der Waals surface area contributed by atoms with Crippen molar-refractivity contribution in [2.45, 2.75) is 6.92 Å². The molecule has 0 aromatic heterocycles. The van der Waals surface area contributed by atoms with Crippen LogP contribution in [0.2, 0.25) is 0 Å². The first-order chi connectivity index (χ1) is 8.11. The third kappa shape index (κ3) is 2.23. The first-order valence-electron chi connectivity index (χ1n) is 5.13. The average molecular weight is 232 g/mol. The van der Waals surface area contributed by atoms with Gasteiger partial charge in [0.2, 0.25) is 0 Å². The molecule has 86 valence electrons. The second-order valence-corrected chi connectivity index (χ2v) is 3.81. The lowest BCUT2D eigenvalue weighted by Crippen LogP contribution is -1.92. The van der Waals surface area contributed by atoms with Gasteiger partial charge in [-0.15, -0.1) is 0 Å². The molecule has 0 aliphatic carbocycles. The molecule has 3 heteroatoms. The summed E-state index contributed by atoms with van der Waals surface area (Å²) in [6, 6.07) is 8.21. The van der Waals surface area contributed by atoms with Gasteiger partial charge in [-0.25, -0.2) is 8.78 Å². The predicted octanol–water partition coefficient (Wildman–Crippen LogP) is 3.75. The number of benzene rings is 2. The van der Waals surface area contributed by atoms with Crippen LogP contribution >= 0.6 is 0 Å². The van der Waals surface area contributed by atoms with Crippen LogP contribution in [0.3, 0.4) is 0 Å². The van der Waals surface area contributed by atoms with Gasteiger partial charge < -0.3 is 0 Å². The van der Waals surface area contributed by atoms with Crippen molar-refractivity contribution in [3.8, 4) is 11.1 Å². The number of carbonyl (C=O) groups is 1. The lowest BCUT2D eigenvalue weighted by molar-refractivity contribution is 0.112. The van der Waals surface area contributed by atoms with E-state index in [0.29, 0.717) is 17.4 Å². The summed E-state index contributed by atoms with van der Waals surface area (Å²) in [4.78, 5) is 10.9. The number of halogens is 2. The van der Waals surface area contributed by atoms with Crippen molar-refractivity contribution >= 4 is 6.29 Å². The van der Waals surface area contributed by atoms with Gasteiger partial charge in [0.15, 0.2) is 6.29 Å². The molecule has 0 aliphatic heterocycles. The Morgan fingerprint density at radius 1 is 0.941 bits per heavy atom. The summed E-state index contributed by atoms with van der Waals surface area (Å²) in [6.45, 7) is 1.81. The van der Waals surface area contributed by atoms with Crippen LogP contribution in [0.4, 0.5) is 8.78 Å². The van der Waals surface area contributed by atoms with E-state index >= 15 is 0 Å². The van der Waals surface area contributed by atoms with E-state index in [9.17, 15) is 13.6 Å². The second-order valence-electron chi connectivity index (χ2n) is 3.81. The summed E-state index contributed by atoms with van der Waals surface area (Å²) in [7, 11) is 0. The van der Waals surface area contributed by atoms with Gasteiger partial charge in [-0.1, -0.05) is 12.1 Å². The highest BCUT2D eigenvalue weighted by Crippen LogP contribution is 2.27. The van der Waals surface area contributed by atoms with E-state index in [1.165, 1.54) is 24.3 Å². The standard InChI is InChI=1S/C14H10F2O/c1-9-2-3-12(16)7-14(9)13-5-4-11(15)6-10(13)8-17/h2-8H,1H3. The van der Waals surface area contributed by atoms with E-state index in [-0.39, 0.29) is 11.4 Å². The predicted molar refractivity (Wildman–Crippen MR) is 61.9 cm³/mol. The molecule has 2 aromatic rings. The van der Waals surface area contributed by atoms with Crippen molar-refractivity contribution in [3.05, 3.63) is 59.2 Å². The van der Waals surface area contributed by atoms with E-state index < -0.39 is 5.82 Å². The fraction of sp³-hybridized carbons (Fsp3) is 0.0714. The van der Waals surface area contributed by atoms with Crippen LogP contribution in [0.15, 0.2) is 36.4 Å². The zero-order valence-corrected chi connectivity index (χ0v) is 9.21. The summed E-state index contributed by atoms with van der Waals surface area (Å²) >= 11 is 0. The molecule has 0 aliphatic rings. The topological polar surface area (TPSA) is 17.1 Å². The third-order valence-corrected chi connectivity index (χ3v) is 2.63. The minimum Gasteiger partial charge on any atom is -0.298 e. The van der Waals surface area contributed by atoms with E-state index in [0.717, 1.165) is 11.6 Å². The first-order valence-corrected chi connectivity index (χ1v) is 5.13. The molecule has 0 atom stereocenters. The molecule has 0 fully saturated rings. The average Bonchev–Trinajstić information content (AvgIpc) is 2.32. The van der Waals surface area contributed by atoms with Crippen molar-refractivity contribution in [1.82, 2.24) is 0 Å². The first kappa shape index (κ1) is 11.5. The van der Waals surface area contributed by atoms with E-state index in [1.807, 2.05) is 6.92 Å². The van der Waals surface area contributed by atoms with Crippen molar-refractivity contribution in [2.24, 2.45) is 0 Å². The van der Waals surface area contributed by atoms with Gasteiger partial charge in [0.25, 0.3) is 0 Å². The minimum atomic E-state index is -0.482. The van der Waals surface area contributed by atoms with Crippen molar-refractivity contribution in [3.63, 3.8) is 0 Å². The van der Waals surface area contributed by atoms with Gasteiger partial charge in [0, 0.05) is 5.56 Å². The quantitative estimate of drug-likeness (QED) is 0.720. The lowest BCUT2D eigenvalue weighted by Gasteiger charge is -2.08. The normalized spacial score (nSPS) is 10.3. The fourth-order valence-corrected chi connectivity index (χ4v) is 1.76. The van der Waals surface area contributed by atoms with Gasteiger partial charge in [0.1, 0.15) is 11.6 Å². The lowest BCUT2D eigenvalue weighted by atomic mass is 9.96. The van der Waals surface area contributed by atoms with Crippen LogP contribution in [-0.4, -0.2) is 6.29 Å². The van der Waals surface area contributed by atoms with Gasteiger partial charge in [-0.2, -0.15) is 0 Å². The Bertz CT molecular complexity index is 576. The molecular weight excluding hydrogens is 222 g/mol. The molecule has 0 saturated heterocycles. The molecule has 2 rings (SSSR count). The van der Waals surface area contributed by atoms with Gasteiger partial charge in [-0.3, -0.25) is 4.79 Å². The Morgan fingerprint density at radius 3 is 2.29 bits per heavy atom. The monoisotopic (exact) mass is 232 g/mol. The second kappa shape index (κ2) is 4.45. The largest absolute Gasteiger partial charge is 0.298 e. The number of rotatable bonds is 2. The number of hydrogen-bond donors (Lipinski definition) is 0. The smallest absolute Gasteiger partial charge is 0.150 e. The molecule has 0 saturated carbocycles.